The van der Waals surface area contributed by atoms with Crippen molar-refractivity contribution in [2.45, 2.75) is 77.6 Å². The minimum Gasteiger partial charge on any atom is -0.354 e. The van der Waals surface area contributed by atoms with Crippen LogP contribution in [0.3, 0.4) is 0 Å². The van der Waals surface area contributed by atoms with Crippen molar-refractivity contribution in [3.05, 3.63) is 0 Å². The van der Waals surface area contributed by atoms with Gasteiger partial charge in [-0.15, -0.1) is 0 Å². The summed E-state index contributed by atoms with van der Waals surface area (Å²) < 4.78 is 30.9. The van der Waals surface area contributed by atoms with Gasteiger partial charge in [-0.1, -0.05) is 26.2 Å². The van der Waals surface area contributed by atoms with Crippen LogP contribution in [0.2, 0.25) is 0 Å². The highest BCUT2D eigenvalue weighted by Gasteiger charge is 2.60. The smallest absolute Gasteiger partial charge is 0.266 e. The van der Waals surface area contributed by atoms with Crippen molar-refractivity contribution in [2.24, 2.45) is 34.5 Å². The van der Waals surface area contributed by atoms with Crippen molar-refractivity contribution in [3.63, 3.8) is 0 Å². The highest BCUT2D eigenvalue weighted by atomic mass is 32.2. The van der Waals surface area contributed by atoms with Crippen LogP contribution in [0.25, 0.3) is 0 Å². The van der Waals surface area contributed by atoms with Crippen LogP contribution in [0.5, 0.6) is 0 Å². The quantitative estimate of drug-likeness (QED) is 0.707. The Balaban J connectivity index is 1.51. The third-order valence-electron chi connectivity index (χ3n) is 9.03. The van der Waals surface area contributed by atoms with Gasteiger partial charge in [0.2, 0.25) is 5.91 Å². The second kappa shape index (κ2) is 7.01. The van der Waals surface area contributed by atoms with Crippen LogP contribution < -0.4 is 5.32 Å². The molecular weight excluding hydrogens is 362 g/mol. The Morgan fingerprint density at radius 2 is 1.81 bits per heavy atom. The maximum Gasteiger partial charge on any atom is 0.266 e. The van der Waals surface area contributed by atoms with Gasteiger partial charge in [0.05, 0.1) is 11.2 Å². The summed E-state index contributed by atoms with van der Waals surface area (Å²) in [7, 11) is -4.03. The third-order valence-corrected chi connectivity index (χ3v) is 9.75. The Bertz CT molecular complexity index is 692. The van der Waals surface area contributed by atoms with Crippen LogP contribution in [0.1, 0.15) is 77.6 Å². The van der Waals surface area contributed by atoms with Gasteiger partial charge in [0.25, 0.3) is 10.1 Å². The minimum absolute atomic E-state index is 0.0139. The first kappa shape index (κ1) is 19.7. The molecule has 5 nitrogen and oxygen atoms in total. The average Bonchev–Trinajstić information content (AvgIpc) is 3.05. The van der Waals surface area contributed by atoms with Gasteiger partial charge in [-0.3, -0.25) is 9.35 Å². The van der Waals surface area contributed by atoms with Crippen LogP contribution in [0, 0.1) is 34.5 Å². The summed E-state index contributed by atoms with van der Waals surface area (Å²) in [6, 6.07) is 0. The largest absolute Gasteiger partial charge is 0.354 e. The second-order valence-electron chi connectivity index (χ2n) is 10.0. The predicted octanol–water partition coefficient (Wildman–Crippen LogP) is 3.79. The van der Waals surface area contributed by atoms with Crippen LogP contribution >= 0.6 is 0 Å². The van der Waals surface area contributed by atoms with Gasteiger partial charge in [0.1, 0.15) is 0 Å². The van der Waals surface area contributed by atoms with E-state index in [-0.39, 0.29) is 17.9 Å². The SMILES string of the molecule is C[C@]12CCCCC1CCC1C3CCC[C@@]3(C(=O)NCCS(=O)(=O)O)CCC12. The Hall–Kier alpha value is -0.620. The Morgan fingerprint density at radius 1 is 1.00 bits per heavy atom. The maximum atomic E-state index is 13.1. The van der Waals surface area contributed by atoms with Gasteiger partial charge in [-0.05, 0) is 80.5 Å². The van der Waals surface area contributed by atoms with E-state index in [1.54, 1.807) is 0 Å². The highest BCUT2D eigenvalue weighted by Crippen LogP contribution is 2.66. The number of hydrogen-bond donors (Lipinski definition) is 2. The second-order valence-corrected chi connectivity index (χ2v) is 11.6. The molecule has 0 heterocycles. The van der Waals surface area contributed by atoms with Gasteiger partial charge in [0, 0.05) is 6.54 Å². The van der Waals surface area contributed by atoms with E-state index in [4.69, 9.17) is 4.55 Å². The molecule has 0 aliphatic heterocycles. The van der Waals surface area contributed by atoms with E-state index >= 15 is 0 Å². The molecular formula is C21H35NO4S. The van der Waals surface area contributed by atoms with Gasteiger partial charge < -0.3 is 5.32 Å². The molecule has 0 aromatic rings. The van der Waals surface area contributed by atoms with Crippen molar-refractivity contribution >= 4 is 16.0 Å². The molecule has 0 saturated heterocycles. The van der Waals surface area contributed by atoms with Crippen molar-refractivity contribution in [3.8, 4) is 0 Å². The lowest BCUT2D eigenvalue weighted by atomic mass is 9.45. The summed E-state index contributed by atoms with van der Waals surface area (Å²) >= 11 is 0. The monoisotopic (exact) mass is 397 g/mol. The molecule has 154 valence electrons. The summed E-state index contributed by atoms with van der Waals surface area (Å²) in [6.45, 7) is 2.56. The first-order valence-corrected chi connectivity index (χ1v) is 12.6. The third kappa shape index (κ3) is 3.35. The number of rotatable bonds is 4. The lowest BCUT2D eigenvalue weighted by molar-refractivity contribution is -0.148. The van der Waals surface area contributed by atoms with E-state index < -0.39 is 15.9 Å². The summed E-state index contributed by atoms with van der Waals surface area (Å²) in [6.07, 6.45) is 13.4. The summed E-state index contributed by atoms with van der Waals surface area (Å²) in [5.41, 5.74) is 0.176. The molecule has 27 heavy (non-hydrogen) atoms. The molecule has 0 bridgehead atoms. The summed E-state index contributed by atoms with van der Waals surface area (Å²) in [4.78, 5) is 13.1. The Labute approximate surface area is 163 Å². The molecule has 1 amide bonds. The van der Waals surface area contributed by atoms with E-state index in [9.17, 15) is 13.2 Å². The maximum absolute atomic E-state index is 13.1. The summed E-state index contributed by atoms with van der Waals surface area (Å²) in [5.74, 6) is 2.41. The number of nitrogens with one attached hydrogen (secondary N) is 1. The Morgan fingerprint density at radius 3 is 2.59 bits per heavy atom. The van der Waals surface area contributed by atoms with Crippen LogP contribution in [-0.4, -0.2) is 31.2 Å². The number of fused-ring (bicyclic) bond motifs is 5. The van der Waals surface area contributed by atoms with Crippen LogP contribution in [0.15, 0.2) is 0 Å². The molecule has 0 aromatic carbocycles. The van der Waals surface area contributed by atoms with Gasteiger partial charge in [-0.2, -0.15) is 8.42 Å². The molecule has 4 fully saturated rings. The van der Waals surface area contributed by atoms with E-state index in [1.165, 1.54) is 38.5 Å². The molecule has 0 radical (unpaired) electrons. The zero-order valence-electron chi connectivity index (χ0n) is 16.6. The molecule has 4 unspecified atom stereocenters. The molecule has 6 heteroatoms. The molecule has 4 saturated carbocycles. The fourth-order valence-electron chi connectivity index (χ4n) is 7.81. The summed E-state index contributed by atoms with van der Waals surface area (Å²) in [5, 5.41) is 2.85. The highest BCUT2D eigenvalue weighted by molar-refractivity contribution is 7.85. The lowest BCUT2D eigenvalue weighted by Gasteiger charge is -2.60. The molecule has 0 aromatic heterocycles. The normalized spacial score (nSPS) is 44.1. The van der Waals surface area contributed by atoms with Crippen molar-refractivity contribution < 1.29 is 17.8 Å². The van der Waals surface area contributed by atoms with Gasteiger partial charge in [0.15, 0.2) is 0 Å². The fraction of sp³-hybridized carbons (Fsp3) is 0.952. The van der Waals surface area contributed by atoms with Crippen molar-refractivity contribution in [2.75, 3.05) is 12.3 Å². The molecule has 6 atom stereocenters. The fourth-order valence-corrected chi connectivity index (χ4v) is 8.17. The van der Waals surface area contributed by atoms with Gasteiger partial charge >= 0.3 is 0 Å². The number of hydrogen-bond acceptors (Lipinski definition) is 3. The molecule has 4 aliphatic carbocycles. The molecule has 0 spiro atoms. The zero-order valence-corrected chi connectivity index (χ0v) is 17.4. The first-order valence-electron chi connectivity index (χ1n) is 11.0. The van der Waals surface area contributed by atoms with Crippen molar-refractivity contribution in [1.82, 2.24) is 5.32 Å². The molecule has 4 rings (SSSR count). The van der Waals surface area contributed by atoms with Crippen molar-refractivity contribution in [1.29, 1.82) is 0 Å². The predicted molar refractivity (Wildman–Crippen MR) is 105 cm³/mol. The van der Waals surface area contributed by atoms with Crippen LogP contribution in [0.4, 0.5) is 0 Å². The lowest BCUT2D eigenvalue weighted by Crippen LogP contribution is -2.56. The van der Waals surface area contributed by atoms with E-state index in [0.717, 1.165) is 43.9 Å². The zero-order chi connectivity index (χ0) is 19.3. The first-order chi connectivity index (χ1) is 12.8. The Kier molecular flexibility index (Phi) is 5.11. The number of carbonyl (C=O) groups is 1. The molecule has 4 aliphatic rings. The average molecular weight is 398 g/mol. The van der Waals surface area contributed by atoms with E-state index in [2.05, 4.69) is 12.2 Å². The van der Waals surface area contributed by atoms with Crippen LogP contribution in [-0.2, 0) is 14.9 Å². The van der Waals surface area contributed by atoms with E-state index in [0.29, 0.717) is 17.3 Å². The number of carbonyl (C=O) groups excluding carboxylic acids is 1. The minimum atomic E-state index is -4.03. The van der Waals surface area contributed by atoms with Gasteiger partial charge in [-0.25, -0.2) is 0 Å². The topological polar surface area (TPSA) is 83.5 Å². The number of amides is 1. The standard InChI is InChI=1S/C21H35NO4S/c1-20-10-3-2-5-15(20)7-8-16-17(20)9-12-21(11-4-6-18(16)21)19(23)22-13-14-27(24,25)26/h15-18H,2-14H2,1H3,(H,22,23)(H,24,25,26)/t15?,16?,17?,18?,20-,21+/m0/s1. The van der Waals surface area contributed by atoms with E-state index in [1.807, 2.05) is 0 Å². The molecule has 2 N–H and O–H groups in total.